The van der Waals surface area contributed by atoms with Gasteiger partial charge in [0.25, 0.3) is 0 Å². The van der Waals surface area contributed by atoms with Crippen LogP contribution < -0.4 is 16.2 Å². The smallest absolute Gasteiger partial charge is 0.405 e. The Morgan fingerprint density at radius 1 is 1.15 bits per heavy atom. The Bertz CT molecular complexity index is 690. The monoisotopic (exact) mass is 377 g/mol. The van der Waals surface area contributed by atoms with Gasteiger partial charge in [0.1, 0.15) is 11.4 Å². The van der Waals surface area contributed by atoms with Gasteiger partial charge >= 0.3 is 6.09 Å². The first-order valence-electron chi connectivity index (χ1n) is 9.68. The van der Waals surface area contributed by atoms with Gasteiger partial charge in [-0.1, -0.05) is 19.8 Å². The van der Waals surface area contributed by atoms with E-state index in [4.69, 9.17) is 16.2 Å². The standard InChI is InChI=1S/C16H24N2O.C5H11NO2/c1-2-13-12-18-16-8-7-14(11-15(13)16)19-10-6-4-3-5-9-17;1-5(2,3)8-4(6)7/h7-8,11-12,18H,2-6,9-10,17H2,1H3;1-3H3,(H2,6,7). The highest BCUT2D eigenvalue weighted by Gasteiger charge is 2.12. The first kappa shape index (κ1) is 22.8. The number of benzene rings is 1. The van der Waals surface area contributed by atoms with Crippen molar-refractivity contribution in [3.8, 4) is 5.75 Å². The second-order valence-electron chi connectivity index (χ2n) is 7.46. The van der Waals surface area contributed by atoms with Crippen LogP contribution in [-0.2, 0) is 11.2 Å². The van der Waals surface area contributed by atoms with Crippen LogP contribution in [0.4, 0.5) is 4.79 Å². The van der Waals surface area contributed by atoms with Gasteiger partial charge in [-0.05, 0) is 70.3 Å². The van der Waals surface area contributed by atoms with Crippen molar-refractivity contribution in [2.75, 3.05) is 13.2 Å². The number of aromatic nitrogens is 1. The van der Waals surface area contributed by atoms with Crippen molar-refractivity contribution >= 4 is 17.0 Å². The van der Waals surface area contributed by atoms with E-state index >= 15 is 0 Å². The number of fused-ring (bicyclic) bond motifs is 1. The summed E-state index contributed by atoms with van der Waals surface area (Å²) < 4.78 is 10.4. The van der Waals surface area contributed by atoms with E-state index in [0.717, 1.165) is 38.2 Å². The number of ether oxygens (including phenoxy) is 2. The average Bonchev–Trinajstić information content (AvgIpc) is 2.98. The molecule has 1 heterocycles. The number of H-pyrrole nitrogens is 1. The molecule has 0 radical (unpaired) electrons. The van der Waals surface area contributed by atoms with Crippen LogP contribution in [0.25, 0.3) is 10.9 Å². The zero-order valence-electron chi connectivity index (χ0n) is 17.1. The highest BCUT2D eigenvalue weighted by Crippen LogP contribution is 2.24. The van der Waals surface area contributed by atoms with Crippen molar-refractivity contribution < 1.29 is 14.3 Å². The van der Waals surface area contributed by atoms with Crippen LogP contribution in [0.15, 0.2) is 24.4 Å². The van der Waals surface area contributed by atoms with Gasteiger partial charge < -0.3 is 25.9 Å². The fraction of sp³-hybridized carbons (Fsp3) is 0.571. The highest BCUT2D eigenvalue weighted by molar-refractivity contribution is 5.84. The van der Waals surface area contributed by atoms with E-state index in [-0.39, 0.29) is 0 Å². The van der Waals surface area contributed by atoms with Crippen molar-refractivity contribution in [1.29, 1.82) is 0 Å². The summed E-state index contributed by atoms with van der Waals surface area (Å²) in [5, 5.41) is 1.28. The topological polar surface area (TPSA) is 103 Å². The zero-order valence-corrected chi connectivity index (χ0v) is 17.1. The lowest BCUT2D eigenvalue weighted by molar-refractivity contribution is 0.0600. The molecule has 6 heteroatoms. The van der Waals surface area contributed by atoms with Crippen molar-refractivity contribution in [2.24, 2.45) is 11.5 Å². The first-order chi connectivity index (χ1) is 12.8. The van der Waals surface area contributed by atoms with E-state index in [0.29, 0.717) is 0 Å². The number of unbranched alkanes of at least 4 members (excludes halogenated alkanes) is 3. The predicted octanol–water partition coefficient (Wildman–Crippen LogP) is 4.51. The summed E-state index contributed by atoms with van der Waals surface area (Å²) in [6, 6.07) is 6.28. The predicted molar refractivity (Wildman–Crippen MR) is 111 cm³/mol. The molecular weight excluding hydrogens is 342 g/mol. The number of amides is 1. The van der Waals surface area contributed by atoms with Crippen molar-refractivity contribution in [1.82, 2.24) is 4.98 Å². The molecule has 5 N–H and O–H groups in total. The summed E-state index contributed by atoms with van der Waals surface area (Å²) in [5.41, 5.74) is 12.3. The molecule has 2 aromatic rings. The molecule has 0 aliphatic heterocycles. The van der Waals surface area contributed by atoms with E-state index < -0.39 is 11.7 Å². The largest absolute Gasteiger partial charge is 0.494 e. The highest BCUT2D eigenvalue weighted by atomic mass is 16.6. The lowest BCUT2D eigenvalue weighted by Gasteiger charge is -2.16. The third-order valence-electron chi connectivity index (χ3n) is 3.89. The van der Waals surface area contributed by atoms with Crippen LogP contribution in [0.3, 0.4) is 0 Å². The zero-order chi connectivity index (χ0) is 20.3. The van der Waals surface area contributed by atoms with Gasteiger partial charge in [0, 0.05) is 17.1 Å². The fourth-order valence-electron chi connectivity index (χ4n) is 2.63. The molecule has 0 fully saturated rings. The molecule has 0 saturated carbocycles. The van der Waals surface area contributed by atoms with Crippen LogP contribution in [0.2, 0.25) is 0 Å². The second-order valence-corrected chi connectivity index (χ2v) is 7.46. The number of carbonyl (C=O) groups excluding carboxylic acids is 1. The Morgan fingerprint density at radius 2 is 1.85 bits per heavy atom. The minimum absolute atomic E-state index is 0.453. The number of aryl methyl sites for hydroxylation is 1. The molecule has 1 aromatic carbocycles. The van der Waals surface area contributed by atoms with E-state index in [1.165, 1.54) is 29.3 Å². The van der Waals surface area contributed by atoms with Gasteiger partial charge in [-0.3, -0.25) is 0 Å². The molecule has 0 atom stereocenters. The normalized spacial score (nSPS) is 11.0. The van der Waals surface area contributed by atoms with Crippen molar-refractivity contribution in [3.05, 3.63) is 30.0 Å². The molecule has 0 saturated heterocycles. The Kier molecular flexibility index (Phi) is 9.72. The minimum Gasteiger partial charge on any atom is -0.494 e. The minimum atomic E-state index is -0.725. The number of aromatic amines is 1. The van der Waals surface area contributed by atoms with Gasteiger partial charge in [-0.15, -0.1) is 0 Å². The lowest BCUT2D eigenvalue weighted by atomic mass is 10.1. The van der Waals surface area contributed by atoms with E-state index in [2.05, 4.69) is 35.0 Å². The molecule has 0 bridgehead atoms. The van der Waals surface area contributed by atoms with Gasteiger partial charge in [0.05, 0.1) is 6.61 Å². The molecule has 0 unspecified atom stereocenters. The molecule has 152 valence electrons. The fourth-order valence-corrected chi connectivity index (χ4v) is 2.63. The van der Waals surface area contributed by atoms with Crippen LogP contribution in [0.5, 0.6) is 5.75 Å². The SMILES string of the molecule is CC(C)(C)OC(N)=O.CCc1c[nH]c2ccc(OCCCCCCN)cc12. The summed E-state index contributed by atoms with van der Waals surface area (Å²) in [4.78, 5) is 13.3. The number of primary amides is 1. The molecule has 1 aromatic heterocycles. The molecule has 0 spiro atoms. The maximum atomic E-state index is 10.0. The maximum absolute atomic E-state index is 10.0. The number of nitrogens with one attached hydrogen (secondary N) is 1. The lowest BCUT2D eigenvalue weighted by Crippen LogP contribution is -2.27. The summed E-state index contributed by atoms with van der Waals surface area (Å²) in [6.07, 6.45) is 7.03. The number of rotatable bonds is 8. The number of carbonyl (C=O) groups is 1. The Morgan fingerprint density at radius 3 is 2.41 bits per heavy atom. The molecule has 27 heavy (non-hydrogen) atoms. The van der Waals surface area contributed by atoms with Crippen LogP contribution in [-0.4, -0.2) is 29.8 Å². The summed E-state index contributed by atoms with van der Waals surface area (Å²) in [6.45, 7) is 9.05. The molecule has 6 nitrogen and oxygen atoms in total. The average molecular weight is 378 g/mol. The quantitative estimate of drug-likeness (QED) is 0.589. The van der Waals surface area contributed by atoms with Crippen molar-refractivity contribution in [3.63, 3.8) is 0 Å². The Balaban J connectivity index is 0.000000387. The Hall–Kier alpha value is -2.21. The van der Waals surface area contributed by atoms with Crippen LogP contribution in [0, 0.1) is 0 Å². The molecule has 0 aliphatic carbocycles. The summed E-state index contributed by atoms with van der Waals surface area (Å²) >= 11 is 0. The summed E-state index contributed by atoms with van der Waals surface area (Å²) in [5.74, 6) is 0.973. The van der Waals surface area contributed by atoms with E-state index in [9.17, 15) is 4.79 Å². The van der Waals surface area contributed by atoms with Gasteiger partial charge in [0.15, 0.2) is 0 Å². The Labute approximate surface area is 162 Å². The summed E-state index contributed by atoms with van der Waals surface area (Å²) in [7, 11) is 0. The third-order valence-corrected chi connectivity index (χ3v) is 3.89. The molecule has 0 aliphatic rings. The van der Waals surface area contributed by atoms with Crippen LogP contribution in [0.1, 0.15) is 58.9 Å². The molecular formula is C21H35N3O3. The third kappa shape index (κ3) is 9.33. The number of hydrogen-bond acceptors (Lipinski definition) is 4. The number of hydrogen-bond donors (Lipinski definition) is 3. The van der Waals surface area contributed by atoms with Gasteiger partial charge in [0.2, 0.25) is 0 Å². The van der Waals surface area contributed by atoms with E-state index in [1.807, 2.05) is 6.07 Å². The van der Waals surface area contributed by atoms with E-state index in [1.54, 1.807) is 20.8 Å². The molecule has 2 rings (SSSR count). The van der Waals surface area contributed by atoms with Crippen molar-refractivity contribution in [2.45, 2.75) is 65.4 Å². The number of nitrogens with two attached hydrogens (primary N) is 2. The second kappa shape index (κ2) is 11.5. The maximum Gasteiger partial charge on any atom is 0.405 e. The van der Waals surface area contributed by atoms with Gasteiger partial charge in [-0.2, -0.15) is 0 Å². The first-order valence-corrected chi connectivity index (χ1v) is 9.68. The van der Waals surface area contributed by atoms with Crippen LogP contribution >= 0.6 is 0 Å². The molecule has 1 amide bonds. The van der Waals surface area contributed by atoms with Gasteiger partial charge in [-0.25, -0.2) is 4.79 Å².